The molecule has 0 aliphatic carbocycles. The highest BCUT2D eigenvalue weighted by Gasteiger charge is 2.08. The molecule has 126 valence electrons. The van der Waals surface area contributed by atoms with Crippen LogP contribution in [0.2, 0.25) is 0 Å². The number of carbonyl (C=O) groups excluding carboxylic acids is 1. The van der Waals surface area contributed by atoms with Crippen molar-refractivity contribution in [2.75, 3.05) is 5.75 Å². The van der Waals surface area contributed by atoms with E-state index in [9.17, 15) is 4.79 Å². The first kappa shape index (κ1) is 21.5. The lowest BCUT2D eigenvalue weighted by Crippen LogP contribution is -2.06. The van der Waals surface area contributed by atoms with Gasteiger partial charge in [-0.05, 0) is 6.42 Å². The zero-order chi connectivity index (χ0) is 15.8. The van der Waals surface area contributed by atoms with Gasteiger partial charge in [-0.25, -0.2) is 0 Å². The Balaban J connectivity index is 3.04. The van der Waals surface area contributed by atoms with Crippen LogP contribution in [-0.4, -0.2) is 11.7 Å². The molecule has 0 aliphatic rings. The first-order chi connectivity index (χ1) is 10.2. The minimum absolute atomic E-state index is 0.0370. The normalized spacial score (nSPS) is 11.0. The van der Waals surface area contributed by atoms with Crippen LogP contribution in [0.3, 0.4) is 0 Å². The molecule has 0 aromatic heterocycles. The highest BCUT2D eigenvalue weighted by atomic mass is 33.5. The van der Waals surface area contributed by atoms with E-state index in [4.69, 9.17) is 4.18 Å². The van der Waals surface area contributed by atoms with Crippen LogP contribution in [0.15, 0.2) is 0 Å². The highest BCUT2D eigenvalue weighted by Crippen LogP contribution is 2.36. The maximum atomic E-state index is 11.2. The maximum Gasteiger partial charge on any atom is 0.321 e. The van der Waals surface area contributed by atoms with E-state index in [2.05, 4.69) is 6.92 Å². The molecule has 0 fully saturated rings. The average molecular weight is 353 g/mol. The number of carbonyl (C=O) groups is 1. The maximum absolute atomic E-state index is 11.2. The number of hydrogen-bond acceptors (Lipinski definition) is 5. The van der Waals surface area contributed by atoms with E-state index in [1.165, 1.54) is 75.3 Å². The molecule has 0 N–H and O–H groups in total. The standard InChI is InChI=1S/C16H32O2S3/c1-4-5-6-7-8-9-10-11-12-13-14-19-21-20-18-16(17)15(2)3/h15H,4-14H2,1-3H3. The van der Waals surface area contributed by atoms with E-state index in [1.807, 2.05) is 13.8 Å². The van der Waals surface area contributed by atoms with Gasteiger partial charge in [0, 0.05) is 15.6 Å². The zero-order valence-corrected chi connectivity index (χ0v) is 16.3. The Kier molecular flexibility index (Phi) is 17.3. The fraction of sp³-hybridized carbons (Fsp3) is 0.938. The highest BCUT2D eigenvalue weighted by molar-refractivity contribution is 9.08. The van der Waals surface area contributed by atoms with Crippen molar-refractivity contribution < 1.29 is 8.98 Å². The van der Waals surface area contributed by atoms with E-state index in [0.717, 1.165) is 5.75 Å². The van der Waals surface area contributed by atoms with Crippen molar-refractivity contribution in [3.63, 3.8) is 0 Å². The Morgan fingerprint density at radius 2 is 1.43 bits per heavy atom. The summed E-state index contributed by atoms with van der Waals surface area (Å²) in [5.74, 6) is 0.977. The van der Waals surface area contributed by atoms with E-state index in [0.29, 0.717) is 0 Å². The Morgan fingerprint density at radius 1 is 0.905 bits per heavy atom. The molecule has 0 heterocycles. The molecule has 21 heavy (non-hydrogen) atoms. The van der Waals surface area contributed by atoms with Crippen LogP contribution in [0.1, 0.15) is 85.0 Å². The van der Waals surface area contributed by atoms with Crippen LogP contribution < -0.4 is 0 Å². The lowest BCUT2D eigenvalue weighted by Gasteiger charge is -2.04. The second-order valence-electron chi connectivity index (χ2n) is 5.70. The summed E-state index contributed by atoms with van der Waals surface area (Å²) in [5, 5.41) is 0. The van der Waals surface area contributed by atoms with Gasteiger partial charge in [-0.3, -0.25) is 4.79 Å². The van der Waals surface area contributed by atoms with Crippen molar-refractivity contribution in [1.82, 2.24) is 0 Å². The van der Waals surface area contributed by atoms with Gasteiger partial charge in [0.2, 0.25) is 0 Å². The van der Waals surface area contributed by atoms with Crippen molar-refractivity contribution in [2.45, 2.75) is 85.0 Å². The van der Waals surface area contributed by atoms with Crippen molar-refractivity contribution in [3.05, 3.63) is 0 Å². The Morgan fingerprint density at radius 3 is 1.95 bits per heavy atom. The molecule has 5 heteroatoms. The molecule has 0 rings (SSSR count). The first-order valence-electron chi connectivity index (χ1n) is 8.35. The lowest BCUT2D eigenvalue weighted by molar-refractivity contribution is -0.136. The largest absolute Gasteiger partial charge is 0.378 e. The number of rotatable bonds is 15. The Labute approximate surface area is 143 Å². The summed E-state index contributed by atoms with van der Waals surface area (Å²) < 4.78 is 5.02. The van der Waals surface area contributed by atoms with Gasteiger partial charge in [-0.1, -0.05) is 89.4 Å². The molecule has 0 atom stereocenters. The molecular formula is C16H32O2S3. The van der Waals surface area contributed by atoms with Gasteiger partial charge in [0.25, 0.3) is 0 Å². The predicted octanol–water partition coefficient (Wildman–Crippen LogP) is 7.05. The van der Waals surface area contributed by atoms with Crippen LogP contribution in [0.5, 0.6) is 0 Å². The molecule has 0 aromatic carbocycles. The molecule has 0 bridgehead atoms. The van der Waals surface area contributed by atoms with Crippen molar-refractivity contribution in [2.24, 2.45) is 5.92 Å². The summed E-state index contributed by atoms with van der Waals surface area (Å²) in [6.07, 6.45) is 13.8. The summed E-state index contributed by atoms with van der Waals surface area (Å²) in [6.45, 7) is 5.97. The summed E-state index contributed by atoms with van der Waals surface area (Å²) >= 11 is 1.20. The van der Waals surface area contributed by atoms with Crippen LogP contribution >= 0.6 is 31.7 Å². The third-order valence-electron chi connectivity index (χ3n) is 3.24. The van der Waals surface area contributed by atoms with Crippen LogP contribution in [0.4, 0.5) is 0 Å². The molecule has 0 radical (unpaired) electrons. The van der Waals surface area contributed by atoms with Crippen LogP contribution in [0, 0.1) is 5.92 Å². The molecule has 0 amide bonds. The van der Waals surface area contributed by atoms with Crippen LogP contribution in [-0.2, 0) is 8.98 Å². The van der Waals surface area contributed by atoms with Crippen molar-refractivity contribution >= 4 is 37.7 Å². The van der Waals surface area contributed by atoms with Crippen LogP contribution in [0.25, 0.3) is 0 Å². The van der Waals surface area contributed by atoms with Gasteiger partial charge < -0.3 is 4.18 Å². The van der Waals surface area contributed by atoms with Gasteiger partial charge in [0.1, 0.15) is 11.1 Å². The molecule has 2 nitrogen and oxygen atoms in total. The molecular weight excluding hydrogens is 320 g/mol. The monoisotopic (exact) mass is 352 g/mol. The smallest absolute Gasteiger partial charge is 0.321 e. The molecule has 0 saturated carbocycles. The van der Waals surface area contributed by atoms with Gasteiger partial charge in [0.05, 0.1) is 5.92 Å². The zero-order valence-electron chi connectivity index (χ0n) is 13.9. The van der Waals surface area contributed by atoms with Crippen molar-refractivity contribution in [1.29, 1.82) is 0 Å². The second kappa shape index (κ2) is 16.9. The van der Waals surface area contributed by atoms with E-state index in [1.54, 1.807) is 20.6 Å². The number of hydrogen-bond donors (Lipinski definition) is 0. The Bertz CT molecular complexity index is 236. The molecule has 0 spiro atoms. The second-order valence-corrected chi connectivity index (χ2v) is 9.53. The fourth-order valence-corrected chi connectivity index (χ4v) is 4.74. The summed E-state index contributed by atoms with van der Waals surface area (Å²) in [5.41, 5.74) is 0. The fourth-order valence-electron chi connectivity index (χ4n) is 1.85. The summed E-state index contributed by atoms with van der Waals surface area (Å²) in [6, 6.07) is 0. The minimum Gasteiger partial charge on any atom is -0.378 e. The minimum atomic E-state index is -0.132. The summed E-state index contributed by atoms with van der Waals surface area (Å²) in [7, 11) is 3.36. The average Bonchev–Trinajstić information content (AvgIpc) is 2.47. The molecule has 0 aliphatic heterocycles. The van der Waals surface area contributed by atoms with Gasteiger partial charge in [-0.2, -0.15) is 0 Å². The first-order valence-corrected chi connectivity index (χ1v) is 11.9. The topological polar surface area (TPSA) is 26.3 Å². The number of unbranched alkanes of at least 4 members (excludes halogenated alkanes) is 9. The lowest BCUT2D eigenvalue weighted by atomic mass is 10.1. The van der Waals surface area contributed by atoms with Gasteiger partial charge in [0.15, 0.2) is 0 Å². The third-order valence-corrected chi connectivity index (χ3v) is 6.61. The van der Waals surface area contributed by atoms with Gasteiger partial charge >= 0.3 is 5.97 Å². The van der Waals surface area contributed by atoms with E-state index < -0.39 is 0 Å². The van der Waals surface area contributed by atoms with E-state index in [-0.39, 0.29) is 11.9 Å². The SMILES string of the molecule is CCCCCCCCCCCCSSSOC(=O)C(C)C. The van der Waals surface area contributed by atoms with Gasteiger partial charge in [-0.15, -0.1) is 0 Å². The predicted molar refractivity (Wildman–Crippen MR) is 100 cm³/mol. The quantitative estimate of drug-likeness (QED) is 0.179. The van der Waals surface area contributed by atoms with E-state index >= 15 is 0 Å². The van der Waals surface area contributed by atoms with Crippen molar-refractivity contribution in [3.8, 4) is 0 Å². The summed E-state index contributed by atoms with van der Waals surface area (Å²) in [4.78, 5) is 11.2. The molecule has 0 unspecified atom stereocenters. The molecule has 0 aromatic rings. The molecule has 0 saturated heterocycles. The third kappa shape index (κ3) is 16.7. The Hall–Kier alpha value is 0.520.